The minimum Gasteiger partial charge on any atom is -0.490 e. The van der Waals surface area contributed by atoms with Crippen molar-refractivity contribution >= 4 is 41.4 Å². The second kappa shape index (κ2) is 24.6. The van der Waals surface area contributed by atoms with Crippen molar-refractivity contribution in [1.29, 1.82) is 0 Å². The molecular weight excluding hydrogens is 707 g/mol. The molecule has 0 aliphatic carbocycles. The smallest absolute Gasteiger partial charge is 0.343 e. The third kappa shape index (κ3) is 15.3. The number of benzene rings is 3. The normalized spacial score (nSPS) is 13.4. The zero-order chi connectivity index (χ0) is 37.5. The first-order chi connectivity index (χ1) is 26.0. The average Bonchev–Trinajstić information content (AvgIpc) is 3.32. The van der Waals surface area contributed by atoms with E-state index >= 15 is 0 Å². The quantitative estimate of drug-likeness (QED) is 0.0597. The minimum atomic E-state index is -0.556. The number of hydrogen-bond acceptors (Lipinski definition) is 9. The maximum absolute atomic E-state index is 13.2. The fourth-order valence-corrected chi connectivity index (χ4v) is 7.87. The molecule has 1 aliphatic heterocycles. The fraction of sp³-hybridized carbons (Fsp3) is 0.512. The van der Waals surface area contributed by atoms with Gasteiger partial charge in [0, 0.05) is 41.7 Å². The molecule has 1 aliphatic rings. The van der Waals surface area contributed by atoms with Gasteiger partial charge in [-0.25, -0.2) is 9.59 Å². The minimum absolute atomic E-state index is 0.0131. The van der Waals surface area contributed by atoms with Gasteiger partial charge in [-0.1, -0.05) is 78.1 Å². The molecule has 0 aromatic heterocycles. The van der Waals surface area contributed by atoms with Gasteiger partial charge < -0.3 is 23.8 Å². The van der Waals surface area contributed by atoms with Gasteiger partial charge in [-0.15, -0.1) is 0 Å². The lowest BCUT2D eigenvalue weighted by Crippen LogP contribution is -2.34. The molecule has 0 atom stereocenters. The molecule has 1 amide bonds. The summed E-state index contributed by atoms with van der Waals surface area (Å²) < 4.78 is 23.5. The van der Waals surface area contributed by atoms with Gasteiger partial charge in [0.15, 0.2) is 11.5 Å². The molecule has 10 heteroatoms. The summed E-state index contributed by atoms with van der Waals surface area (Å²) in [5.74, 6) is 4.78. The summed E-state index contributed by atoms with van der Waals surface area (Å²) in [7, 11) is 0. The maximum atomic E-state index is 13.2. The van der Waals surface area contributed by atoms with Crippen molar-refractivity contribution in [2.75, 3.05) is 49.3 Å². The molecular formula is C43H57NO7S2. The molecule has 3 aromatic carbocycles. The molecule has 1 fully saturated rings. The predicted octanol–water partition coefficient (Wildman–Crippen LogP) is 10.5. The number of rotatable bonds is 21. The lowest BCUT2D eigenvalue weighted by Gasteiger charge is -2.21. The van der Waals surface area contributed by atoms with Gasteiger partial charge in [0.2, 0.25) is 0 Å². The molecule has 0 bridgehead atoms. The largest absolute Gasteiger partial charge is 0.490 e. The lowest BCUT2D eigenvalue weighted by molar-refractivity contribution is 0.0729. The van der Waals surface area contributed by atoms with Crippen molar-refractivity contribution in [2.24, 2.45) is 0 Å². The summed E-state index contributed by atoms with van der Waals surface area (Å²) in [6, 6.07) is 18.1. The highest BCUT2D eigenvalue weighted by Gasteiger charge is 2.18. The molecule has 288 valence electrons. The van der Waals surface area contributed by atoms with Crippen LogP contribution in [0.25, 0.3) is 0 Å². The predicted molar refractivity (Wildman–Crippen MR) is 218 cm³/mol. The topological polar surface area (TPSA) is 91.4 Å². The molecule has 1 saturated heterocycles. The van der Waals surface area contributed by atoms with E-state index in [9.17, 15) is 14.4 Å². The van der Waals surface area contributed by atoms with Gasteiger partial charge in [0.25, 0.3) is 5.91 Å². The van der Waals surface area contributed by atoms with Crippen LogP contribution in [0.2, 0.25) is 0 Å². The second-order valence-electron chi connectivity index (χ2n) is 13.2. The first kappa shape index (κ1) is 42.1. The van der Waals surface area contributed by atoms with E-state index in [1.54, 1.807) is 66.7 Å². The first-order valence-electron chi connectivity index (χ1n) is 19.5. The number of nitrogens with zero attached hydrogens (tertiary/aromatic N) is 1. The van der Waals surface area contributed by atoms with Crippen LogP contribution in [0.3, 0.4) is 0 Å². The van der Waals surface area contributed by atoms with Crippen LogP contribution >= 0.6 is 23.5 Å². The van der Waals surface area contributed by atoms with Gasteiger partial charge in [0.1, 0.15) is 11.5 Å². The fourth-order valence-electron chi connectivity index (χ4n) is 5.82. The Kier molecular flexibility index (Phi) is 19.6. The summed E-state index contributed by atoms with van der Waals surface area (Å²) >= 11 is 3.75. The Hall–Kier alpha value is -3.63. The summed E-state index contributed by atoms with van der Waals surface area (Å²) in [6.45, 7) is 7.02. The molecule has 0 spiro atoms. The van der Waals surface area contributed by atoms with Crippen LogP contribution in [0.1, 0.15) is 122 Å². The molecule has 0 radical (unpaired) electrons. The van der Waals surface area contributed by atoms with E-state index < -0.39 is 11.9 Å². The number of unbranched alkanes of at least 4 members (excludes halogenated alkanes) is 10. The van der Waals surface area contributed by atoms with Crippen molar-refractivity contribution in [1.82, 2.24) is 4.90 Å². The van der Waals surface area contributed by atoms with E-state index in [0.29, 0.717) is 52.9 Å². The summed E-state index contributed by atoms with van der Waals surface area (Å²) in [6.07, 6.45) is 14.0. The van der Waals surface area contributed by atoms with Crippen LogP contribution in [0.4, 0.5) is 0 Å². The van der Waals surface area contributed by atoms with E-state index in [-0.39, 0.29) is 5.91 Å². The van der Waals surface area contributed by atoms with Crippen LogP contribution in [0.5, 0.6) is 23.0 Å². The highest BCUT2D eigenvalue weighted by atomic mass is 32.2. The standard InChI is InChI=1S/C43H57NO7S2/c1-3-5-7-9-11-13-27-48-39-24-19-36(33-40(39)49-28-14-12-10-8-6-4-2)43(47)51-38-22-17-35(18-23-38)42(46)50-37-20-15-34(16-21-37)41(45)44-25-29-52-31-32-53-30-26-44/h15-24,33H,3-14,25-32H2,1-2H3. The molecule has 0 unspecified atom stereocenters. The summed E-state index contributed by atoms with van der Waals surface area (Å²) in [5.41, 5.74) is 1.21. The third-order valence-corrected chi connectivity index (χ3v) is 11.2. The van der Waals surface area contributed by atoms with Crippen LogP contribution in [0, 0.1) is 0 Å². The molecule has 0 saturated carbocycles. The van der Waals surface area contributed by atoms with Crippen molar-refractivity contribution in [3.8, 4) is 23.0 Å². The van der Waals surface area contributed by atoms with Crippen molar-refractivity contribution in [2.45, 2.75) is 90.9 Å². The second-order valence-corrected chi connectivity index (χ2v) is 15.7. The maximum Gasteiger partial charge on any atom is 0.343 e. The van der Waals surface area contributed by atoms with E-state index in [2.05, 4.69) is 13.8 Å². The number of amides is 1. The van der Waals surface area contributed by atoms with Gasteiger partial charge >= 0.3 is 11.9 Å². The van der Waals surface area contributed by atoms with E-state index in [0.717, 1.165) is 61.8 Å². The van der Waals surface area contributed by atoms with E-state index in [1.165, 1.54) is 51.4 Å². The molecule has 53 heavy (non-hydrogen) atoms. The van der Waals surface area contributed by atoms with Gasteiger partial charge in [-0.2, -0.15) is 23.5 Å². The van der Waals surface area contributed by atoms with Gasteiger partial charge in [-0.3, -0.25) is 4.79 Å². The number of carbonyl (C=O) groups excluding carboxylic acids is 3. The lowest BCUT2D eigenvalue weighted by atomic mass is 10.1. The van der Waals surface area contributed by atoms with Crippen LogP contribution in [-0.4, -0.2) is 72.1 Å². The Bertz CT molecular complexity index is 1520. The first-order valence-corrected chi connectivity index (χ1v) is 21.8. The van der Waals surface area contributed by atoms with Gasteiger partial charge in [-0.05, 0) is 79.6 Å². The van der Waals surface area contributed by atoms with E-state index in [1.807, 2.05) is 28.4 Å². The SMILES string of the molecule is CCCCCCCCOc1ccc(C(=O)Oc2ccc(C(=O)Oc3ccc(C(=O)N4CCSCCSCC4)cc3)cc2)cc1OCCCCCCCC. The molecule has 8 nitrogen and oxygen atoms in total. The number of thioether (sulfide) groups is 2. The summed E-state index contributed by atoms with van der Waals surface area (Å²) in [4.78, 5) is 41.1. The zero-order valence-corrected chi connectivity index (χ0v) is 33.2. The van der Waals surface area contributed by atoms with Crippen molar-refractivity contribution < 1.29 is 33.3 Å². The van der Waals surface area contributed by atoms with Crippen molar-refractivity contribution in [3.05, 3.63) is 83.4 Å². The highest BCUT2D eigenvalue weighted by Crippen LogP contribution is 2.30. The Morgan fingerprint density at radius 2 is 0.981 bits per heavy atom. The Morgan fingerprint density at radius 3 is 1.53 bits per heavy atom. The van der Waals surface area contributed by atoms with Crippen LogP contribution in [0.15, 0.2) is 66.7 Å². The molecule has 3 aromatic rings. The zero-order valence-electron chi connectivity index (χ0n) is 31.6. The van der Waals surface area contributed by atoms with E-state index in [4.69, 9.17) is 18.9 Å². The molecule has 0 N–H and O–H groups in total. The van der Waals surface area contributed by atoms with Gasteiger partial charge in [0.05, 0.1) is 24.3 Å². The number of ether oxygens (including phenoxy) is 4. The Morgan fingerprint density at radius 1 is 0.528 bits per heavy atom. The Labute approximate surface area is 325 Å². The third-order valence-electron chi connectivity index (χ3n) is 8.97. The number of esters is 2. The van der Waals surface area contributed by atoms with Crippen LogP contribution < -0.4 is 18.9 Å². The summed E-state index contributed by atoms with van der Waals surface area (Å²) in [5, 5.41) is 0. The van der Waals surface area contributed by atoms with Crippen LogP contribution in [-0.2, 0) is 0 Å². The average molecular weight is 764 g/mol. The highest BCUT2D eigenvalue weighted by molar-refractivity contribution is 8.02. The van der Waals surface area contributed by atoms with Crippen molar-refractivity contribution in [3.63, 3.8) is 0 Å². The monoisotopic (exact) mass is 763 g/mol. The number of hydrogen-bond donors (Lipinski definition) is 0. The Balaban J connectivity index is 1.30. The molecule has 4 rings (SSSR count). The molecule has 1 heterocycles. The number of carbonyl (C=O) groups is 3.